The van der Waals surface area contributed by atoms with Crippen molar-refractivity contribution in [1.82, 2.24) is 10.6 Å². The van der Waals surface area contributed by atoms with Crippen LogP contribution in [0.2, 0.25) is 0 Å². The van der Waals surface area contributed by atoms with Gasteiger partial charge in [0.15, 0.2) is 11.5 Å². The first-order chi connectivity index (χ1) is 10.6. The molecule has 0 aliphatic heterocycles. The normalized spacial score (nSPS) is 10.6. The minimum atomic E-state index is -2.94. The highest BCUT2D eigenvalue weighted by Gasteiger charge is 2.11. The summed E-state index contributed by atoms with van der Waals surface area (Å²) in [6, 6.07) is 4.58. The molecule has 0 aliphatic rings. The van der Waals surface area contributed by atoms with Gasteiger partial charge >= 0.3 is 6.61 Å². The molecular formula is C14H20F2N2O4. The van der Waals surface area contributed by atoms with Gasteiger partial charge in [0.25, 0.3) is 0 Å². The van der Waals surface area contributed by atoms with Gasteiger partial charge < -0.3 is 24.8 Å². The van der Waals surface area contributed by atoms with Gasteiger partial charge in [0.05, 0.1) is 20.3 Å². The number of amides is 1. The average molecular weight is 318 g/mol. The summed E-state index contributed by atoms with van der Waals surface area (Å²) in [6.45, 7) is -1.50. The molecule has 0 unspecified atom stereocenters. The minimum Gasteiger partial charge on any atom is -0.493 e. The lowest BCUT2D eigenvalue weighted by molar-refractivity contribution is -0.120. The number of nitrogens with one attached hydrogen (secondary N) is 2. The van der Waals surface area contributed by atoms with Crippen molar-refractivity contribution in [3.8, 4) is 11.5 Å². The zero-order chi connectivity index (χ0) is 16.4. The Hall–Kier alpha value is -1.93. The van der Waals surface area contributed by atoms with E-state index < -0.39 is 6.61 Å². The largest absolute Gasteiger partial charge is 0.493 e. The number of methoxy groups -OCH3 is 2. The van der Waals surface area contributed by atoms with Crippen molar-refractivity contribution < 1.29 is 27.8 Å². The number of carbonyl (C=O) groups is 1. The van der Waals surface area contributed by atoms with Crippen molar-refractivity contribution in [3.63, 3.8) is 0 Å². The van der Waals surface area contributed by atoms with E-state index in [2.05, 4.69) is 15.4 Å². The quantitative estimate of drug-likeness (QED) is 0.633. The van der Waals surface area contributed by atoms with Crippen LogP contribution in [0.5, 0.6) is 11.5 Å². The van der Waals surface area contributed by atoms with Gasteiger partial charge in [0.1, 0.15) is 0 Å². The fraction of sp³-hybridized carbons (Fsp3) is 0.500. The summed E-state index contributed by atoms with van der Waals surface area (Å²) in [5.41, 5.74) is 0.627. The maximum atomic E-state index is 12.3. The van der Waals surface area contributed by atoms with Gasteiger partial charge in [-0.2, -0.15) is 8.78 Å². The minimum absolute atomic E-state index is 0.0672. The average Bonchev–Trinajstić information content (AvgIpc) is 2.49. The number of carbonyl (C=O) groups excluding carboxylic acids is 1. The lowest BCUT2D eigenvalue weighted by Crippen LogP contribution is -2.34. The second-order valence-electron chi connectivity index (χ2n) is 4.31. The van der Waals surface area contributed by atoms with E-state index in [0.29, 0.717) is 18.7 Å². The van der Waals surface area contributed by atoms with Crippen LogP contribution in [0.4, 0.5) is 8.78 Å². The molecule has 0 bridgehead atoms. The molecule has 0 heterocycles. The van der Waals surface area contributed by atoms with E-state index in [-0.39, 0.29) is 30.5 Å². The highest BCUT2D eigenvalue weighted by molar-refractivity contribution is 5.77. The molecule has 0 saturated heterocycles. The van der Waals surface area contributed by atoms with Gasteiger partial charge in [-0.1, -0.05) is 6.07 Å². The lowest BCUT2D eigenvalue weighted by atomic mass is 10.2. The van der Waals surface area contributed by atoms with Crippen molar-refractivity contribution in [2.75, 3.05) is 33.9 Å². The van der Waals surface area contributed by atoms with Crippen LogP contribution >= 0.6 is 0 Å². The Morgan fingerprint density at radius 1 is 1.27 bits per heavy atom. The zero-order valence-electron chi connectivity index (χ0n) is 12.5. The Bertz CT molecular complexity index is 472. The second-order valence-corrected chi connectivity index (χ2v) is 4.31. The van der Waals surface area contributed by atoms with E-state index in [4.69, 9.17) is 9.47 Å². The number of alkyl halides is 2. The van der Waals surface area contributed by atoms with Crippen molar-refractivity contribution in [1.29, 1.82) is 0 Å². The fourth-order valence-corrected chi connectivity index (χ4v) is 1.66. The molecule has 0 aliphatic carbocycles. The van der Waals surface area contributed by atoms with Gasteiger partial charge in [-0.3, -0.25) is 4.79 Å². The molecular weight excluding hydrogens is 298 g/mol. The van der Waals surface area contributed by atoms with E-state index in [1.807, 2.05) is 0 Å². The van der Waals surface area contributed by atoms with E-state index in [0.717, 1.165) is 0 Å². The van der Waals surface area contributed by atoms with E-state index in [1.54, 1.807) is 13.2 Å². The van der Waals surface area contributed by atoms with Gasteiger partial charge in [-0.15, -0.1) is 0 Å². The zero-order valence-corrected chi connectivity index (χ0v) is 12.5. The number of ether oxygens (including phenoxy) is 3. The van der Waals surface area contributed by atoms with Crippen LogP contribution < -0.4 is 20.1 Å². The van der Waals surface area contributed by atoms with Crippen LogP contribution in [0.1, 0.15) is 5.56 Å². The highest BCUT2D eigenvalue weighted by Crippen LogP contribution is 2.29. The molecule has 1 rings (SSSR count). The van der Waals surface area contributed by atoms with Gasteiger partial charge in [0.2, 0.25) is 5.91 Å². The predicted octanol–water partition coefficient (Wildman–Crippen LogP) is 1.15. The Morgan fingerprint density at radius 2 is 2.05 bits per heavy atom. The molecule has 0 radical (unpaired) electrons. The Kier molecular flexibility index (Phi) is 8.16. The standard InChI is InChI=1S/C14H20F2N2O4/c1-20-6-5-17-9-13(19)18-8-10-3-4-11(21-2)12(7-10)22-14(15)16/h3-4,7,14,17H,5-6,8-9H2,1-2H3,(H,18,19). The van der Waals surface area contributed by atoms with Crippen LogP contribution in [0, 0.1) is 0 Å². The Morgan fingerprint density at radius 3 is 2.68 bits per heavy atom. The summed E-state index contributed by atoms with van der Waals surface area (Å²) in [5, 5.41) is 5.56. The highest BCUT2D eigenvalue weighted by atomic mass is 19.3. The summed E-state index contributed by atoms with van der Waals surface area (Å²) in [4.78, 5) is 11.6. The van der Waals surface area contributed by atoms with Crippen LogP contribution in [0.3, 0.4) is 0 Å². The van der Waals surface area contributed by atoms with Crippen molar-refractivity contribution >= 4 is 5.91 Å². The fourth-order valence-electron chi connectivity index (χ4n) is 1.66. The van der Waals surface area contributed by atoms with E-state index >= 15 is 0 Å². The van der Waals surface area contributed by atoms with Crippen molar-refractivity contribution in [2.24, 2.45) is 0 Å². The van der Waals surface area contributed by atoms with Crippen LogP contribution in [-0.4, -0.2) is 46.4 Å². The first kappa shape index (κ1) is 18.1. The number of hydrogen-bond donors (Lipinski definition) is 2. The lowest BCUT2D eigenvalue weighted by Gasteiger charge is -2.12. The summed E-state index contributed by atoms with van der Waals surface area (Å²) in [5.74, 6) is -0.0673. The molecule has 124 valence electrons. The summed E-state index contributed by atoms with van der Waals surface area (Å²) < 4.78 is 38.8. The predicted molar refractivity (Wildman–Crippen MR) is 76.2 cm³/mol. The molecule has 0 saturated carbocycles. The third-order valence-electron chi connectivity index (χ3n) is 2.70. The van der Waals surface area contributed by atoms with Gasteiger partial charge in [-0.25, -0.2) is 0 Å². The number of benzene rings is 1. The van der Waals surface area contributed by atoms with Gasteiger partial charge in [0, 0.05) is 20.2 Å². The molecule has 22 heavy (non-hydrogen) atoms. The maximum absolute atomic E-state index is 12.3. The number of hydrogen-bond acceptors (Lipinski definition) is 5. The van der Waals surface area contributed by atoms with Gasteiger partial charge in [-0.05, 0) is 17.7 Å². The van der Waals surface area contributed by atoms with E-state index in [9.17, 15) is 13.6 Å². The molecule has 2 N–H and O–H groups in total. The monoisotopic (exact) mass is 318 g/mol. The molecule has 0 aromatic heterocycles. The van der Waals surface area contributed by atoms with Crippen molar-refractivity contribution in [3.05, 3.63) is 23.8 Å². The summed E-state index contributed by atoms with van der Waals surface area (Å²) in [7, 11) is 2.94. The molecule has 1 aromatic rings. The first-order valence-corrected chi connectivity index (χ1v) is 6.65. The number of rotatable bonds is 10. The van der Waals surface area contributed by atoms with E-state index in [1.165, 1.54) is 19.2 Å². The molecule has 1 amide bonds. The third kappa shape index (κ3) is 6.68. The smallest absolute Gasteiger partial charge is 0.387 e. The molecule has 0 fully saturated rings. The second kappa shape index (κ2) is 9.91. The molecule has 0 spiro atoms. The summed E-state index contributed by atoms with van der Waals surface area (Å²) >= 11 is 0. The molecule has 0 atom stereocenters. The van der Waals surface area contributed by atoms with Crippen LogP contribution in [-0.2, 0) is 16.1 Å². The summed E-state index contributed by atoms with van der Waals surface area (Å²) in [6.07, 6.45) is 0. The topological polar surface area (TPSA) is 68.8 Å². The SMILES string of the molecule is COCCNCC(=O)NCc1ccc(OC)c(OC(F)F)c1. The number of halogens is 2. The first-order valence-electron chi connectivity index (χ1n) is 6.65. The molecule has 6 nitrogen and oxygen atoms in total. The Labute approximate surface area is 127 Å². The third-order valence-corrected chi connectivity index (χ3v) is 2.70. The van der Waals surface area contributed by atoms with Crippen molar-refractivity contribution in [2.45, 2.75) is 13.2 Å². The molecule has 1 aromatic carbocycles. The maximum Gasteiger partial charge on any atom is 0.387 e. The Balaban J connectivity index is 2.49. The van der Waals surface area contributed by atoms with Crippen LogP contribution in [0.25, 0.3) is 0 Å². The van der Waals surface area contributed by atoms with Crippen LogP contribution in [0.15, 0.2) is 18.2 Å². The molecule has 8 heteroatoms.